The molecule has 0 bridgehead atoms. The molecule has 1 aromatic rings. The highest BCUT2D eigenvalue weighted by atomic mass is 33.1. The highest BCUT2D eigenvalue weighted by Crippen LogP contribution is 2.29. The summed E-state index contributed by atoms with van der Waals surface area (Å²) >= 11 is 0. The van der Waals surface area contributed by atoms with Crippen molar-refractivity contribution in [3.63, 3.8) is 0 Å². The monoisotopic (exact) mass is 295 g/mol. The van der Waals surface area contributed by atoms with Crippen LogP contribution in [-0.4, -0.2) is 17.1 Å². The fraction of sp³-hybridized carbons (Fsp3) is 0.533. The molecule has 0 atom stereocenters. The zero-order valence-corrected chi connectivity index (χ0v) is 13.0. The highest BCUT2D eigenvalue weighted by molar-refractivity contribution is 8.82. The van der Waals surface area contributed by atoms with Gasteiger partial charge in [-0.2, -0.15) is 0 Å². The fourth-order valence-corrected chi connectivity index (χ4v) is 3.53. The Bertz CT molecular complexity index is 388. The van der Waals surface area contributed by atoms with E-state index in [0.29, 0.717) is 6.10 Å². The summed E-state index contributed by atoms with van der Waals surface area (Å²) in [5.41, 5.74) is 0.970. The van der Waals surface area contributed by atoms with Gasteiger partial charge in [-0.25, -0.2) is 4.99 Å². The molecule has 104 valence electrons. The maximum atomic E-state index is 6.09. The minimum Gasteiger partial charge on any atom is -0.469 e. The lowest BCUT2D eigenvalue weighted by Crippen LogP contribution is -2.19. The fourth-order valence-electron chi connectivity index (χ4n) is 2.11. The van der Waals surface area contributed by atoms with Crippen LogP contribution in [0.1, 0.15) is 39.0 Å². The van der Waals surface area contributed by atoms with E-state index in [1.165, 1.54) is 32.1 Å². The van der Waals surface area contributed by atoms with Crippen molar-refractivity contribution >= 4 is 32.5 Å². The topological polar surface area (TPSA) is 21.6 Å². The van der Waals surface area contributed by atoms with Crippen LogP contribution in [0.3, 0.4) is 0 Å². The predicted octanol–water partition coefficient (Wildman–Crippen LogP) is 5.42. The van der Waals surface area contributed by atoms with Crippen molar-refractivity contribution in [3.8, 4) is 0 Å². The maximum Gasteiger partial charge on any atom is 0.262 e. The Morgan fingerprint density at radius 3 is 2.63 bits per heavy atom. The van der Waals surface area contributed by atoms with Crippen molar-refractivity contribution in [2.24, 2.45) is 4.99 Å². The summed E-state index contributed by atoms with van der Waals surface area (Å²) in [5.74, 6) is 1.06. The lowest BCUT2D eigenvalue weighted by molar-refractivity contribution is 0.149. The molecular formula is C15H21NOS2. The lowest BCUT2D eigenvalue weighted by atomic mass is 9.98. The summed E-state index contributed by atoms with van der Waals surface area (Å²) in [4.78, 5) is 4.63. The molecule has 4 heteroatoms. The second kappa shape index (κ2) is 8.54. The second-order valence-electron chi connectivity index (χ2n) is 4.58. The first-order valence-corrected chi connectivity index (χ1v) is 9.30. The third-order valence-electron chi connectivity index (χ3n) is 3.04. The van der Waals surface area contributed by atoms with Gasteiger partial charge in [-0.15, -0.1) is 0 Å². The van der Waals surface area contributed by atoms with E-state index in [1.54, 1.807) is 21.6 Å². The van der Waals surface area contributed by atoms with Crippen LogP contribution in [0, 0.1) is 0 Å². The van der Waals surface area contributed by atoms with Gasteiger partial charge in [0.15, 0.2) is 0 Å². The molecule has 1 fully saturated rings. The first-order valence-electron chi connectivity index (χ1n) is 6.98. The molecule has 0 unspecified atom stereocenters. The summed E-state index contributed by atoms with van der Waals surface area (Å²) in [5, 5.41) is 0.810. The van der Waals surface area contributed by atoms with Gasteiger partial charge in [-0.1, -0.05) is 42.3 Å². The number of hydrogen-bond donors (Lipinski definition) is 0. The number of hydrogen-bond acceptors (Lipinski definition) is 4. The molecule has 0 aromatic heterocycles. The van der Waals surface area contributed by atoms with Crippen LogP contribution in [0.15, 0.2) is 35.3 Å². The van der Waals surface area contributed by atoms with Crippen molar-refractivity contribution in [1.29, 1.82) is 0 Å². The van der Waals surface area contributed by atoms with Crippen molar-refractivity contribution in [3.05, 3.63) is 30.3 Å². The Morgan fingerprint density at radius 1 is 1.21 bits per heavy atom. The summed E-state index contributed by atoms with van der Waals surface area (Å²) in [6.07, 6.45) is 6.63. The van der Waals surface area contributed by atoms with Gasteiger partial charge in [0.05, 0.1) is 5.69 Å². The Morgan fingerprint density at radius 2 is 1.95 bits per heavy atom. The number of aliphatic imine (C=N–C) groups is 1. The highest BCUT2D eigenvalue weighted by Gasteiger charge is 2.17. The van der Waals surface area contributed by atoms with Gasteiger partial charge in [0.25, 0.3) is 5.23 Å². The van der Waals surface area contributed by atoms with E-state index in [9.17, 15) is 0 Å². The third-order valence-corrected chi connectivity index (χ3v) is 5.22. The van der Waals surface area contributed by atoms with Gasteiger partial charge in [0.2, 0.25) is 0 Å². The molecule has 1 aromatic carbocycles. The zero-order valence-electron chi connectivity index (χ0n) is 11.4. The van der Waals surface area contributed by atoms with Crippen LogP contribution >= 0.6 is 21.6 Å². The molecule has 2 rings (SSSR count). The Balaban J connectivity index is 2.00. The number of benzene rings is 1. The van der Waals surface area contributed by atoms with Crippen molar-refractivity contribution in [1.82, 2.24) is 0 Å². The second-order valence-corrected chi connectivity index (χ2v) is 7.12. The molecule has 2 nitrogen and oxygen atoms in total. The van der Waals surface area contributed by atoms with Gasteiger partial charge in [0, 0.05) is 16.5 Å². The van der Waals surface area contributed by atoms with Crippen LogP contribution in [0.5, 0.6) is 0 Å². The molecule has 0 aliphatic heterocycles. The summed E-state index contributed by atoms with van der Waals surface area (Å²) in [7, 11) is 3.44. The Kier molecular flexibility index (Phi) is 6.65. The van der Waals surface area contributed by atoms with E-state index < -0.39 is 0 Å². The average Bonchev–Trinajstić information content (AvgIpc) is 2.47. The van der Waals surface area contributed by atoms with E-state index in [1.807, 2.05) is 30.3 Å². The van der Waals surface area contributed by atoms with E-state index in [2.05, 4.69) is 11.9 Å². The molecule has 0 N–H and O–H groups in total. The summed E-state index contributed by atoms with van der Waals surface area (Å²) < 4.78 is 6.09. The average molecular weight is 295 g/mol. The smallest absolute Gasteiger partial charge is 0.262 e. The quantitative estimate of drug-likeness (QED) is 0.420. The number of nitrogens with zero attached hydrogens (tertiary/aromatic N) is 1. The van der Waals surface area contributed by atoms with E-state index in [4.69, 9.17) is 4.74 Å². The van der Waals surface area contributed by atoms with Gasteiger partial charge in [-0.3, -0.25) is 0 Å². The minimum atomic E-state index is 0.362. The van der Waals surface area contributed by atoms with Gasteiger partial charge < -0.3 is 4.74 Å². The van der Waals surface area contributed by atoms with Gasteiger partial charge in [-0.05, 0) is 37.8 Å². The Hall–Kier alpha value is -0.610. The molecule has 1 aliphatic carbocycles. The number of para-hydroxylation sites is 1. The van der Waals surface area contributed by atoms with Crippen molar-refractivity contribution in [2.45, 2.75) is 45.1 Å². The van der Waals surface area contributed by atoms with Crippen LogP contribution in [-0.2, 0) is 4.74 Å². The predicted molar refractivity (Wildman–Crippen MR) is 87.2 cm³/mol. The molecule has 0 saturated heterocycles. The normalized spacial score (nSPS) is 17.4. The molecule has 0 spiro atoms. The van der Waals surface area contributed by atoms with Crippen LogP contribution in [0.25, 0.3) is 0 Å². The number of ether oxygens (including phenoxy) is 1. The maximum absolute atomic E-state index is 6.09. The molecular weight excluding hydrogens is 274 g/mol. The molecule has 1 aliphatic rings. The summed E-state index contributed by atoms with van der Waals surface area (Å²) in [6.45, 7) is 2.15. The largest absolute Gasteiger partial charge is 0.469 e. The van der Waals surface area contributed by atoms with E-state index in [-0.39, 0.29) is 0 Å². The molecule has 0 radical (unpaired) electrons. The van der Waals surface area contributed by atoms with E-state index >= 15 is 0 Å². The minimum absolute atomic E-state index is 0.362. The lowest BCUT2D eigenvalue weighted by Gasteiger charge is -2.23. The number of rotatable bonds is 4. The first-order chi connectivity index (χ1) is 9.38. The van der Waals surface area contributed by atoms with E-state index in [0.717, 1.165) is 16.7 Å². The summed E-state index contributed by atoms with van der Waals surface area (Å²) in [6, 6.07) is 10.1. The molecule has 19 heavy (non-hydrogen) atoms. The SMILES string of the molecule is CCSSC(=Nc1ccccc1)OC1CCCCC1. The molecule has 0 amide bonds. The first kappa shape index (κ1) is 14.8. The van der Waals surface area contributed by atoms with Crippen LogP contribution in [0.4, 0.5) is 5.69 Å². The Labute approximate surface area is 123 Å². The third kappa shape index (κ3) is 5.49. The van der Waals surface area contributed by atoms with Crippen molar-refractivity contribution < 1.29 is 4.74 Å². The zero-order chi connectivity index (χ0) is 13.3. The molecule has 0 heterocycles. The molecule has 1 saturated carbocycles. The van der Waals surface area contributed by atoms with Gasteiger partial charge >= 0.3 is 0 Å². The standard InChI is InChI=1S/C15H21NOS2/c1-2-18-19-15(16-13-9-5-3-6-10-13)17-14-11-7-4-8-12-14/h3,5-6,9-10,14H,2,4,7-8,11-12H2,1H3. The van der Waals surface area contributed by atoms with Crippen molar-refractivity contribution in [2.75, 3.05) is 5.75 Å². The van der Waals surface area contributed by atoms with Gasteiger partial charge in [0.1, 0.15) is 6.10 Å². The van der Waals surface area contributed by atoms with Crippen LogP contribution < -0.4 is 0 Å². The van der Waals surface area contributed by atoms with Crippen LogP contribution in [0.2, 0.25) is 0 Å².